The fourth-order valence-electron chi connectivity index (χ4n) is 3.11. The molecule has 0 amide bonds. The first-order chi connectivity index (χ1) is 15.4. The third-order valence-corrected chi connectivity index (χ3v) is 4.58. The summed E-state index contributed by atoms with van der Waals surface area (Å²) in [4.78, 5) is 0. The van der Waals surface area contributed by atoms with Gasteiger partial charge in [0.1, 0.15) is 18.0 Å². The molecular formula is C25H22F4NO2+. The van der Waals surface area contributed by atoms with Crippen LogP contribution in [0.2, 0.25) is 0 Å². The highest BCUT2D eigenvalue weighted by Gasteiger charge is 2.10. The Balaban J connectivity index is 1.75. The fourth-order valence-corrected chi connectivity index (χ4v) is 3.11. The number of hydrogen-bond acceptors (Lipinski definition) is 2. The van der Waals surface area contributed by atoms with Crippen LogP contribution in [-0.4, -0.2) is 13.2 Å². The molecule has 0 aliphatic carbocycles. The molecule has 32 heavy (non-hydrogen) atoms. The first-order valence-electron chi connectivity index (χ1n) is 9.93. The maximum atomic E-state index is 12.3. The minimum atomic E-state index is -2.85. The van der Waals surface area contributed by atoms with Gasteiger partial charge in [0.25, 0.3) is 0 Å². The molecule has 0 spiro atoms. The van der Waals surface area contributed by atoms with E-state index in [0.717, 1.165) is 29.1 Å². The number of rotatable bonds is 9. The van der Waals surface area contributed by atoms with E-state index in [1.165, 1.54) is 24.3 Å². The van der Waals surface area contributed by atoms with Gasteiger partial charge in [-0.3, -0.25) is 0 Å². The van der Waals surface area contributed by atoms with Gasteiger partial charge < -0.3 is 9.47 Å². The molecule has 7 heteroatoms. The number of halogens is 4. The molecule has 1 aromatic heterocycles. The topological polar surface area (TPSA) is 22.3 Å². The van der Waals surface area contributed by atoms with Crippen molar-refractivity contribution in [2.45, 2.75) is 26.7 Å². The zero-order valence-corrected chi connectivity index (χ0v) is 17.3. The molecular weight excluding hydrogens is 422 g/mol. The van der Waals surface area contributed by atoms with Crippen LogP contribution in [0.1, 0.15) is 29.4 Å². The molecule has 0 N–H and O–H groups in total. The van der Waals surface area contributed by atoms with E-state index in [-0.39, 0.29) is 11.5 Å². The normalized spacial score (nSPS) is 11.7. The van der Waals surface area contributed by atoms with Crippen LogP contribution >= 0.6 is 0 Å². The van der Waals surface area contributed by atoms with E-state index in [2.05, 4.69) is 14.0 Å². The molecule has 0 saturated carbocycles. The minimum absolute atomic E-state index is 0.113. The molecule has 0 aliphatic rings. The number of hydrogen-bond donors (Lipinski definition) is 0. The second-order valence-electron chi connectivity index (χ2n) is 6.68. The fraction of sp³-hybridized carbons (Fsp3) is 0.160. The van der Waals surface area contributed by atoms with Gasteiger partial charge in [-0.1, -0.05) is 24.3 Å². The van der Waals surface area contributed by atoms with Gasteiger partial charge >= 0.3 is 13.2 Å². The summed E-state index contributed by atoms with van der Waals surface area (Å²) in [7, 11) is 0. The van der Waals surface area contributed by atoms with E-state index in [9.17, 15) is 17.6 Å². The average molecular weight is 444 g/mol. The highest BCUT2D eigenvalue weighted by Crippen LogP contribution is 2.18. The SMILES string of the molecule is CC[n+]1c(/C=C/c2ccc(OC(F)F)cc2)cccc1/C=C/c1ccc(OC(F)F)cc1. The summed E-state index contributed by atoms with van der Waals surface area (Å²) in [5.74, 6) is 0.225. The standard InChI is InChI=1S/C25H22F4NO2/c1-2-30-20(12-6-18-8-14-22(15-9-18)31-24(26)27)4-3-5-21(30)13-7-19-10-16-23(17-11-19)32-25(28)29/h3-17,24-25H,2H2,1H3/q+1/b12-6+,13-7+. The van der Waals surface area contributed by atoms with Crippen molar-refractivity contribution in [3.8, 4) is 11.5 Å². The summed E-state index contributed by atoms with van der Waals surface area (Å²) in [6.07, 6.45) is 7.67. The van der Waals surface area contributed by atoms with Gasteiger partial charge in [-0.15, -0.1) is 0 Å². The molecule has 166 valence electrons. The summed E-state index contributed by atoms with van der Waals surface area (Å²) in [5, 5.41) is 0. The van der Waals surface area contributed by atoms with Crippen molar-refractivity contribution in [2.75, 3.05) is 0 Å². The summed E-state index contributed by atoms with van der Waals surface area (Å²) in [6.45, 7) is -2.94. The third-order valence-electron chi connectivity index (χ3n) is 4.58. The molecule has 0 bridgehead atoms. The Morgan fingerprint density at radius 1 is 0.656 bits per heavy atom. The van der Waals surface area contributed by atoms with E-state index >= 15 is 0 Å². The van der Waals surface area contributed by atoms with Crippen LogP contribution in [0.25, 0.3) is 24.3 Å². The summed E-state index contributed by atoms with van der Waals surface area (Å²) in [6, 6.07) is 18.7. The molecule has 0 aliphatic heterocycles. The van der Waals surface area contributed by atoms with Gasteiger partial charge in [0.05, 0.1) is 0 Å². The van der Waals surface area contributed by atoms with Crippen molar-refractivity contribution in [2.24, 2.45) is 0 Å². The van der Waals surface area contributed by atoms with E-state index in [4.69, 9.17) is 0 Å². The molecule has 3 nitrogen and oxygen atoms in total. The summed E-state index contributed by atoms with van der Waals surface area (Å²) in [5.41, 5.74) is 3.62. The highest BCUT2D eigenvalue weighted by atomic mass is 19.3. The van der Waals surface area contributed by atoms with Gasteiger partial charge in [-0.05, 0) is 60.5 Å². The van der Waals surface area contributed by atoms with Gasteiger partial charge in [-0.25, -0.2) is 0 Å². The van der Waals surface area contributed by atoms with Crippen LogP contribution in [0.4, 0.5) is 17.6 Å². The maximum absolute atomic E-state index is 12.3. The Kier molecular flexibility index (Phi) is 8.02. The van der Waals surface area contributed by atoms with Crippen LogP contribution in [0.3, 0.4) is 0 Å². The molecule has 0 unspecified atom stereocenters. The van der Waals surface area contributed by atoms with Crippen molar-refractivity contribution >= 4 is 24.3 Å². The number of pyridine rings is 1. The van der Waals surface area contributed by atoms with Crippen molar-refractivity contribution in [3.63, 3.8) is 0 Å². The Morgan fingerprint density at radius 2 is 1.06 bits per heavy atom. The first kappa shape index (κ1) is 23.1. The maximum Gasteiger partial charge on any atom is 0.387 e. The molecule has 1 heterocycles. The first-order valence-corrected chi connectivity index (χ1v) is 9.93. The summed E-state index contributed by atoms with van der Waals surface area (Å²) >= 11 is 0. The Bertz CT molecular complexity index is 981. The van der Waals surface area contributed by atoms with E-state index in [1.54, 1.807) is 24.3 Å². The van der Waals surface area contributed by atoms with Crippen molar-refractivity contribution in [3.05, 3.63) is 89.2 Å². The van der Waals surface area contributed by atoms with Crippen LogP contribution in [0, 0.1) is 0 Å². The molecule has 3 rings (SSSR count). The number of nitrogens with zero attached hydrogens (tertiary/aromatic N) is 1. The lowest BCUT2D eigenvalue weighted by Crippen LogP contribution is -2.38. The van der Waals surface area contributed by atoms with E-state index in [1.807, 2.05) is 49.4 Å². The molecule has 0 saturated heterocycles. The van der Waals surface area contributed by atoms with Crippen molar-refractivity contribution in [1.82, 2.24) is 0 Å². The largest absolute Gasteiger partial charge is 0.435 e. The smallest absolute Gasteiger partial charge is 0.387 e. The Morgan fingerprint density at radius 3 is 1.41 bits per heavy atom. The van der Waals surface area contributed by atoms with Gasteiger partial charge in [0.15, 0.2) is 0 Å². The van der Waals surface area contributed by atoms with Gasteiger partial charge in [-0.2, -0.15) is 22.1 Å². The predicted molar refractivity (Wildman–Crippen MR) is 116 cm³/mol. The van der Waals surface area contributed by atoms with E-state index < -0.39 is 13.2 Å². The monoisotopic (exact) mass is 444 g/mol. The number of benzene rings is 2. The van der Waals surface area contributed by atoms with Crippen LogP contribution in [0.5, 0.6) is 11.5 Å². The Hall–Kier alpha value is -3.61. The van der Waals surface area contributed by atoms with Crippen LogP contribution in [-0.2, 0) is 6.54 Å². The Labute approximate surface area is 183 Å². The summed E-state index contributed by atoms with van der Waals surface area (Å²) < 4.78 is 59.9. The van der Waals surface area contributed by atoms with Crippen LogP contribution < -0.4 is 14.0 Å². The van der Waals surface area contributed by atoms with Crippen LogP contribution in [0.15, 0.2) is 66.7 Å². The number of ether oxygens (including phenoxy) is 2. The lowest BCUT2D eigenvalue weighted by Gasteiger charge is -2.04. The molecule has 0 radical (unpaired) electrons. The molecule has 0 atom stereocenters. The number of alkyl halides is 4. The minimum Gasteiger partial charge on any atom is -0.435 e. The average Bonchev–Trinajstić information content (AvgIpc) is 2.77. The number of aromatic nitrogens is 1. The second kappa shape index (κ2) is 11.1. The third kappa shape index (κ3) is 6.70. The zero-order valence-electron chi connectivity index (χ0n) is 17.3. The second-order valence-corrected chi connectivity index (χ2v) is 6.68. The molecule has 2 aromatic carbocycles. The highest BCUT2D eigenvalue weighted by molar-refractivity contribution is 5.69. The predicted octanol–water partition coefficient (Wildman–Crippen LogP) is 6.54. The van der Waals surface area contributed by atoms with Crippen molar-refractivity contribution < 1.29 is 31.6 Å². The van der Waals surface area contributed by atoms with E-state index in [0.29, 0.717) is 0 Å². The van der Waals surface area contributed by atoms with Crippen molar-refractivity contribution in [1.29, 1.82) is 0 Å². The van der Waals surface area contributed by atoms with Gasteiger partial charge in [0.2, 0.25) is 11.4 Å². The lowest BCUT2D eigenvalue weighted by molar-refractivity contribution is -0.696. The zero-order chi connectivity index (χ0) is 22.9. The molecule has 0 fully saturated rings. The quantitative estimate of drug-likeness (QED) is 0.276. The van der Waals surface area contributed by atoms with Gasteiger partial charge in [0, 0.05) is 24.3 Å². The molecule has 3 aromatic rings. The lowest BCUT2D eigenvalue weighted by atomic mass is 10.1.